The molecule has 9 heteroatoms. The molecule has 1 heterocycles. The molecule has 8 nitrogen and oxygen atoms in total. The molecule has 3 N–H and O–H groups in total. The summed E-state index contributed by atoms with van der Waals surface area (Å²) in [7, 11) is 2.91. The number of methoxy groups -OCH3 is 2. The molecular formula is C24H21ClN4O4. The second kappa shape index (κ2) is 9.72. The lowest BCUT2D eigenvalue weighted by Gasteiger charge is -2.16. The summed E-state index contributed by atoms with van der Waals surface area (Å²) in [5.41, 5.74) is 8.03. The van der Waals surface area contributed by atoms with Crippen LogP contribution in [-0.2, 0) is 4.79 Å². The van der Waals surface area contributed by atoms with Crippen LogP contribution >= 0.6 is 11.6 Å². The number of hydrogen-bond acceptors (Lipinski definition) is 6. The molecule has 33 heavy (non-hydrogen) atoms. The number of benzene rings is 3. The zero-order valence-corrected chi connectivity index (χ0v) is 18.6. The number of anilines is 1. The Balaban J connectivity index is 1.67. The van der Waals surface area contributed by atoms with Crippen molar-refractivity contribution in [3.05, 3.63) is 88.4 Å². The molecule has 0 fully saturated rings. The van der Waals surface area contributed by atoms with Crippen LogP contribution in [0, 0.1) is 0 Å². The van der Waals surface area contributed by atoms with Crippen LogP contribution in [0.25, 0.3) is 0 Å². The Kier molecular flexibility index (Phi) is 6.58. The Morgan fingerprint density at radius 1 is 1.00 bits per heavy atom. The quantitative estimate of drug-likeness (QED) is 0.485. The van der Waals surface area contributed by atoms with Gasteiger partial charge in [0.25, 0.3) is 11.8 Å². The Morgan fingerprint density at radius 2 is 1.70 bits per heavy atom. The van der Waals surface area contributed by atoms with E-state index in [-0.39, 0.29) is 5.56 Å². The number of benzodiazepines with no additional fused rings is 1. The fraction of sp³-hybridized carbons (Fsp3) is 0.125. The van der Waals surface area contributed by atoms with Crippen LogP contribution in [0.3, 0.4) is 0 Å². The molecule has 3 aromatic carbocycles. The third-order valence-electron chi connectivity index (χ3n) is 5.03. The van der Waals surface area contributed by atoms with Crippen LogP contribution in [0.1, 0.15) is 21.5 Å². The van der Waals surface area contributed by atoms with E-state index in [1.165, 1.54) is 14.2 Å². The van der Waals surface area contributed by atoms with Crippen LogP contribution in [0.2, 0.25) is 5.02 Å². The van der Waals surface area contributed by atoms with Gasteiger partial charge in [0.15, 0.2) is 6.17 Å². The van der Waals surface area contributed by atoms with Crippen LogP contribution in [0.5, 0.6) is 11.5 Å². The van der Waals surface area contributed by atoms with Crippen molar-refractivity contribution in [1.29, 1.82) is 0 Å². The highest BCUT2D eigenvalue weighted by Gasteiger charge is 2.27. The summed E-state index contributed by atoms with van der Waals surface area (Å²) in [6, 6.07) is 19.5. The number of amides is 2. The number of hydrogen-bond donors (Lipinski definition) is 3. The van der Waals surface area contributed by atoms with Gasteiger partial charge in [-0.3, -0.25) is 20.0 Å². The maximum absolute atomic E-state index is 12.9. The summed E-state index contributed by atoms with van der Waals surface area (Å²) in [5.74, 6) is -0.334. The molecule has 0 saturated heterocycles. The highest BCUT2D eigenvalue weighted by Crippen LogP contribution is 2.29. The smallest absolute Gasteiger partial charge is 0.273 e. The first-order valence-electron chi connectivity index (χ1n) is 10.0. The number of nitrogens with zero attached hydrogens (tertiary/aromatic N) is 1. The number of carbonyl (C=O) groups excluding carboxylic acids is 2. The Labute approximate surface area is 195 Å². The van der Waals surface area contributed by atoms with E-state index in [1.807, 2.05) is 30.3 Å². The first-order chi connectivity index (χ1) is 16.0. The maximum Gasteiger partial charge on any atom is 0.273 e. The van der Waals surface area contributed by atoms with Crippen LogP contribution < -0.4 is 25.6 Å². The third kappa shape index (κ3) is 4.67. The maximum atomic E-state index is 12.9. The topological polar surface area (TPSA) is 101 Å². The molecule has 0 radical (unpaired) electrons. The molecule has 0 bridgehead atoms. The van der Waals surface area contributed by atoms with E-state index in [0.29, 0.717) is 33.5 Å². The van der Waals surface area contributed by atoms with E-state index in [1.54, 1.807) is 36.4 Å². The van der Waals surface area contributed by atoms with Crippen molar-refractivity contribution in [2.24, 2.45) is 4.99 Å². The Hall–Kier alpha value is -3.88. The van der Waals surface area contributed by atoms with Crippen molar-refractivity contribution in [2.45, 2.75) is 6.17 Å². The number of ether oxygens (including phenoxy) is 2. The van der Waals surface area contributed by atoms with Crippen molar-refractivity contribution in [1.82, 2.24) is 10.9 Å². The van der Waals surface area contributed by atoms with E-state index in [2.05, 4.69) is 21.2 Å². The van der Waals surface area contributed by atoms with Gasteiger partial charge in [0.05, 0.1) is 25.6 Å². The van der Waals surface area contributed by atoms with Gasteiger partial charge in [0, 0.05) is 16.1 Å². The summed E-state index contributed by atoms with van der Waals surface area (Å²) >= 11 is 6.22. The summed E-state index contributed by atoms with van der Waals surface area (Å²) < 4.78 is 10.6. The van der Waals surface area contributed by atoms with E-state index in [9.17, 15) is 9.59 Å². The van der Waals surface area contributed by atoms with Crippen molar-refractivity contribution < 1.29 is 19.1 Å². The first kappa shape index (κ1) is 22.3. The summed E-state index contributed by atoms with van der Waals surface area (Å²) in [6.07, 6.45) is -1.11. The van der Waals surface area contributed by atoms with Crippen LogP contribution in [-0.4, -0.2) is 37.9 Å². The standard InChI is InChI=1S/C24H21ClN4O4/c1-32-18-9-6-10-19(33-2)20(18)23(30)29-28-22-24(31)26-17-12-11-15(25)13-16(17)21(27-22)14-7-4-3-5-8-14/h3-13,22,28H,1-2H3,(H,26,31)(H,29,30). The molecule has 1 aliphatic rings. The lowest BCUT2D eigenvalue weighted by Crippen LogP contribution is -2.49. The Morgan fingerprint density at radius 3 is 2.36 bits per heavy atom. The molecule has 1 unspecified atom stereocenters. The number of rotatable bonds is 6. The molecular weight excluding hydrogens is 444 g/mol. The minimum Gasteiger partial charge on any atom is -0.496 e. The SMILES string of the molecule is COc1cccc(OC)c1C(=O)NNC1N=C(c2ccccc2)c2cc(Cl)ccc2NC1=O. The van der Waals surface area contributed by atoms with Crippen LogP contribution in [0.15, 0.2) is 71.7 Å². The zero-order chi connectivity index (χ0) is 23.4. The van der Waals surface area contributed by atoms with Gasteiger partial charge in [-0.15, -0.1) is 0 Å². The van der Waals surface area contributed by atoms with E-state index < -0.39 is 18.0 Å². The predicted octanol–water partition coefficient (Wildman–Crippen LogP) is 3.41. The molecule has 0 spiro atoms. The molecule has 0 saturated carbocycles. The average Bonchev–Trinajstić information content (AvgIpc) is 2.98. The molecule has 1 atom stereocenters. The van der Waals surface area contributed by atoms with E-state index >= 15 is 0 Å². The fourth-order valence-electron chi connectivity index (χ4n) is 3.48. The predicted molar refractivity (Wildman–Crippen MR) is 126 cm³/mol. The number of fused-ring (bicyclic) bond motifs is 1. The van der Waals surface area contributed by atoms with Gasteiger partial charge in [0.2, 0.25) is 0 Å². The van der Waals surface area contributed by atoms with E-state index in [0.717, 1.165) is 5.56 Å². The fourth-order valence-corrected chi connectivity index (χ4v) is 3.65. The first-order valence-corrected chi connectivity index (χ1v) is 10.4. The molecule has 4 rings (SSSR count). The molecule has 0 aliphatic carbocycles. The monoisotopic (exact) mass is 464 g/mol. The second-order valence-corrected chi connectivity index (χ2v) is 7.50. The van der Waals surface area contributed by atoms with Gasteiger partial charge in [-0.25, -0.2) is 5.43 Å². The average molecular weight is 465 g/mol. The number of halogens is 1. The van der Waals surface area contributed by atoms with Gasteiger partial charge in [-0.1, -0.05) is 48.0 Å². The summed E-state index contributed by atoms with van der Waals surface area (Å²) in [4.78, 5) is 30.5. The van der Waals surface area contributed by atoms with Gasteiger partial charge in [0.1, 0.15) is 17.1 Å². The number of nitrogens with one attached hydrogen (secondary N) is 3. The largest absolute Gasteiger partial charge is 0.496 e. The van der Waals surface area contributed by atoms with Gasteiger partial charge < -0.3 is 14.8 Å². The highest BCUT2D eigenvalue weighted by molar-refractivity contribution is 6.32. The van der Waals surface area contributed by atoms with E-state index in [4.69, 9.17) is 21.1 Å². The Bertz CT molecular complexity index is 1210. The zero-order valence-electron chi connectivity index (χ0n) is 17.9. The van der Waals surface area contributed by atoms with Crippen LogP contribution in [0.4, 0.5) is 5.69 Å². The van der Waals surface area contributed by atoms with Crippen molar-refractivity contribution >= 4 is 34.8 Å². The number of aliphatic imine (C=N–C) groups is 1. The van der Waals surface area contributed by atoms with Gasteiger partial charge >= 0.3 is 0 Å². The second-order valence-electron chi connectivity index (χ2n) is 7.06. The van der Waals surface area contributed by atoms with Gasteiger partial charge in [-0.05, 0) is 30.3 Å². The van der Waals surface area contributed by atoms with Crippen molar-refractivity contribution in [3.8, 4) is 11.5 Å². The highest BCUT2D eigenvalue weighted by atomic mass is 35.5. The summed E-state index contributed by atoms with van der Waals surface area (Å²) in [5, 5.41) is 3.34. The molecule has 2 amide bonds. The normalized spacial score (nSPS) is 14.9. The number of carbonyl (C=O) groups is 2. The number of hydrazine groups is 1. The minimum absolute atomic E-state index is 0.186. The third-order valence-corrected chi connectivity index (χ3v) is 5.26. The molecule has 3 aromatic rings. The molecule has 0 aromatic heterocycles. The van der Waals surface area contributed by atoms with Gasteiger partial charge in [-0.2, -0.15) is 0 Å². The minimum atomic E-state index is -1.11. The molecule has 1 aliphatic heterocycles. The molecule has 168 valence electrons. The lowest BCUT2D eigenvalue weighted by molar-refractivity contribution is -0.118. The summed E-state index contributed by atoms with van der Waals surface area (Å²) in [6.45, 7) is 0. The lowest BCUT2D eigenvalue weighted by atomic mass is 10.0. The van der Waals surface area contributed by atoms with Crippen molar-refractivity contribution in [2.75, 3.05) is 19.5 Å². The van der Waals surface area contributed by atoms with Crippen molar-refractivity contribution in [3.63, 3.8) is 0 Å².